The molecule has 0 spiro atoms. The van der Waals surface area contributed by atoms with Gasteiger partial charge in [-0.1, -0.05) is 11.6 Å². The number of benzene rings is 1. The first-order chi connectivity index (χ1) is 9.69. The van der Waals surface area contributed by atoms with Crippen molar-refractivity contribution < 1.29 is 22.3 Å². The van der Waals surface area contributed by atoms with Crippen LogP contribution in [0.4, 0.5) is 4.39 Å². The van der Waals surface area contributed by atoms with Crippen molar-refractivity contribution in [1.29, 1.82) is 0 Å². The second-order valence-electron chi connectivity index (χ2n) is 5.31. The fourth-order valence-electron chi connectivity index (χ4n) is 2.22. The van der Waals surface area contributed by atoms with Gasteiger partial charge in [-0.25, -0.2) is 12.8 Å². The lowest BCUT2D eigenvalue weighted by Gasteiger charge is -2.23. The minimum absolute atomic E-state index is 0.0639. The highest BCUT2D eigenvalue weighted by Crippen LogP contribution is 2.25. The number of halogens is 2. The van der Waals surface area contributed by atoms with Gasteiger partial charge in [0.05, 0.1) is 22.1 Å². The minimum Gasteiger partial charge on any atom is -0.482 e. The molecule has 0 saturated carbocycles. The molecule has 0 radical (unpaired) electrons. The average Bonchev–Trinajstić information content (AvgIpc) is 2.62. The molecule has 0 aromatic heterocycles. The Morgan fingerprint density at radius 3 is 2.81 bits per heavy atom. The number of hydrogen-bond acceptors (Lipinski definition) is 4. The molecule has 0 aliphatic carbocycles. The lowest BCUT2D eigenvalue weighted by atomic mass is 10.0. The van der Waals surface area contributed by atoms with Crippen molar-refractivity contribution in [2.45, 2.75) is 18.9 Å². The molecule has 5 nitrogen and oxygen atoms in total. The molecular formula is C13H15ClFNO4S. The molecule has 8 heteroatoms. The summed E-state index contributed by atoms with van der Waals surface area (Å²) in [6, 6.07) is 3.58. The molecule has 1 amide bonds. The second-order valence-corrected chi connectivity index (χ2v) is 7.91. The zero-order chi connectivity index (χ0) is 15.7. The van der Waals surface area contributed by atoms with Crippen molar-refractivity contribution in [3.8, 4) is 5.75 Å². The maximum Gasteiger partial charge on any atom is 0.258 e. The molecule has 1 aliphatic rings. The average molecular weight is 336 g/mol. The Balaban J connectivity index is 1.91. The van der Waals surface area contributed by atoms with E-state index in [-0.39, 0.29) is 28.9 Å². The third-order valence-electron chi connectivity index (χ3n) is 3.20. The van der Waals surface area contributed by atoms with Crippen molar-refractivity contribution >= 4 is 27.3 Å². The van der Waals surface area contributed by atoms with Crippen LogP contribution in [0.2, 0.25) is 5.02 Å². The summed E-state index contributed by atoms with van der Waals surface area (Å²) in [7, 11) is -3.10. The van der Waals surface area contributed by atoms with Gasteiger partial charge < -0.3 is 10.1 Å². The lowest BCUT2D eigenvalue weighted by Crippen LogP contribution is -2.48. The van der Waals surface area contributed by atoms with Gasteiger partial charge in [0.15, 0.2) is 16.4 Å². The van der Waals surface area contributed by atoms with Crippen LogP contribution in [-0.2, 0) is 14.6 Å². The maximum absolute atomic E-state index is 12.9. The van der Waals surface area contributed by atoms with Gasteiger partial charge in [-0.15, -0.1) is 0 Å². The van der Waals surface area contributed by atoms with E-state index in [4.69, 9.17) is 16.3 Å². The summed E-state index contributed by atoms with van der Waals surface area (Å²) in [5, 5.41) is 2.72. The summed E-state index contributed by atoms with van der Waals surface area (Å²) in [5.41, 5.74) is -0.772. The smallest absolute Gasteiger partial charge is 0.258 e. The Kier molecular flexibility index (Phi) is 4.43. The number of carbonyl (C=O) groups excluding carboxylic acids is 1. The molecule has 0 unspecified atom stereocenters. The molecule has 1 N–H and O–H groups in total. The summed E-state index contributed by atoms with van der Waals surface area (Å²) in [6.07, 6.45) is 0.373. The Morgan fingerprint density at radius 2 is 2.24 bits per heavy atom. The third kappa shape index (κ3) is 4.31. The Labute approximate surface area is 127 Å². The first-order valence-electron chi connectivity index (χ1n) is 6.28. The zero-order valence-corrected chi connectivity index (χ0v) is 12.9. The standard InChI is InChI=1S/C13H15ClFNO4S/c1-13(4-5-21(18,19)8-13)16-12(17)7-20-11-3-2-9(15)6-10(11)14/h2-3,6H,4-5,7-8H2,1H3,(H,16,17)/t13-/m1/s1. The highest BCUT2D eigenvalue weighted by Gasteiger charge is 2.39. The monoisotopic (exact) mass is 335 g/mol. The van der Waals surface area contributed by atoms with E-state index in [0.717, 1.165) is 6.07 Å². The van der Waals surface area contributed by atoms with E-state index >= 15 is 0 Å². The summed E-state index contributed by atoms with van der Waals surface area (Å²) < 4.78 is 41.0. The van der Waals surface area contributed by atoms with Crippen LogP contribution in [0.25, 0.3) is 0 Å². The van der Waals surface area contributed by atoms with Crippen LogP contribution in [-0.4, -0.2) is 38.0 Å². The van der Waals surface area contributed by atoms with Crippen molar-refractivity contribution in [2.24, 2.45) is 0 Å². The molecule has 21 heavy (non-hydrogen) atoms. The van der Waals surface area contributed by atoms with Crippen molar-refractivity contribution in [3.05, 3.63) is 29.0 Å². The molecule has 1 fully saturated rings. The fraction of sp³-hybridized carbons (Fsp3) is 0.462. The number of rotatable bonds is 4. The summed E-state index contributed by atoms with van der Waals surface area (Å²) in [5.74, 6) is -0.773. The van der Waals surface area contributed by atoms with Gasteiger partial charge in [-0.05, 0) is 31.5 Å². The van der Waals surface area contributed by atoms with Gasteiger partial charge in [0.1, 0.15) is 11.6 Å². The van der Waals surface area contributed by atoms with Gasteiger partial charge in [0, 0.05) is 0 Å². The molecule has 1 heterocycles. The molecule has 2 rings (SSSR count). The highest BCUT2D eigenvalue weighted by molar-refractivity contribution is 7.91. The van der Waals surface area contributed by atoms with Crippen LogP contribution in [0.3, 0.4) is 0 Å². The van der Waals surface area contributed by atoms with Gasteiger partial charge in [0.25, 0.3) is 5.91 Å². The van der Waals surface area contributed by atoms with Crippen LogP contribution in [0.1, 0.15) is 13.3 Å². The molecule has 116 valence electrons. The van der Waals surface area contributed by atoms with Crippen LogP contribution in [0.5, 0.6) is 5.75 Å². The fourth-order valence-corrected chi connectivity index (χ4v) is 4.53. The SMILES string of the molecule is C[C@@]1(NC(=O)COc2ccc(F)cc2Cl)CCS(=O)(=O)C1. The van der Waals surface area contributed by atoms with E-state index in [1.54, 1.807) is 6.92 Å². The molecule has 1 aliphatic heterocycles. The van der Waals surface area contributed by atoms with E-state index in [0.29, 0.717) is 6.42 Å². The Morgan fingerprint density at radius 1 is 1.52 bits per heavy atom. The molecule has 0 bridgehead atoms. The quantitative estimate of drug-likeness (QED) is 0.906. The number of carbonyl (C=O) groups is 1. The largest absolute Gasteiger partial charge is 0.482 e. The Hall–Kier alpha value is -1.34. The molecule has 1 saturated heterocycles. The summed E-state index contributed by atoms with van der Waals surface area (Å²) in [4.78, 5) is 11.8. The number of nitrogens with one attached hydrogen (secondary N) is 1. The van der Waals surface area contributed by atoms with Crippen LogP contribution in [0.15, 0.2) is 18.2 Å². The van der Waals surface area contributed by atoms with E-state index in [1.165, 1.54) is 12.1 Å². The van der Waals surface area contributed by atoms with E-state index < -0.39 is 27.1 Å². The third-order valence-corrected chi connectivity index (χ3v) is 5.40. The predicted octanol–water partition coefficient (Wildman–Crippen LogP) is 1.55. The first-order valence-corrected chi connectivity index (χ1v) is 8.48. The summed E-state index contributed by atoms with van der Waals surface area (Å²) in [6.45, 7) is 1.36. The summed E-state index contributed by atoms with van der Waals surface area (Å²) >= 11 is 5.77. The van der Waals surface area contributed by atoms with Gasteiger partial charge in [-0.2, -0.15) is 0 Å². The van der Waals surface area contributed by atoms with Crippen LogP contribution >= 0.6 is 11.6 Å². The van der Waals surface area contributed by atoms with Crippen molar-refractivity contribution in [3.63, 3.8) is 0 Å². The number of ether oxygens (including phenoxy) is 1. The maximum atomic E-state index is 12.9. The predicted molar refractivity (Wildman–Crippen MR) is 76.7 cm³/mol. The lowest BCUT2D eigenvalue weighted by molar-refractivity contribution is -0.124. The number of sulfone groups is 1. The normalized spacial score (nSPS) is 23.8. The molecule has 1 aromatic carbocycles. The minimum atomic E-state index is -3.10. The van der Waals surface area contributed by atoms with Crippen LogP contribution < -0.4 is 10.1 Å². The highest BCUT2D eigenvalue weighted by atomic mass is 35.5. The van der Waals surface area contributed by atoms with E-state index in [1.807, 2.05) is 0 Å². The first kappa shape index (κ1) is 16.0. The zero-order valence-electron chi connectivity index (χ0n) is 11.4. The molecular weight excluding hydrogens is 321 g/mol. The number of amides is 1. The van der Waals surface area contributed by atoms with Gasteiger partial charge in [0.2, 0.25) is 0 Å². The van der Waals surface area contributed by atoms with Gasteiger partial charge >= 0.3 is 0 Å². The number of hydrogen-bond donors (Lipinski definition) is 1. The van der Waals surface area contributed by atoms with Crippen molar-refractivity contribution in [2.75, 3.05) is 18.1 Å². The second kappa shape index (κ2) is 5.81. The van der Waals surface area contributed by atoms with E-state index in [9.17, 15) is 17.6 Å². The van der Waals surface area contributed by atoms with Crippen molar-refractivity contribution in [1.82, 2.24) is 5.32 Å². The topological polar surface area (TPSA) is 72.5 Å². The van der Waals surface area contributed by atoms with E-state index in [2.05, 4.69) is 5.32 Å². The molecule has 1 aromatic rings. The Bertz CT molecular complexity index is 664. The van der Waals surface area contributed by atoms with Gasteiger partial charge in [-0.3, -0.25) is 4.79 Å². The molecule has 1 atom stereocenters. The van der Waals surface area contributed by atoms with Crippen LogP contribution in [0, 0.1) is 5.82 Å².